The molecular weight excluding hydrogens is 324 g/mol. The summed E-state index contributed by atoms with van der Waals surface area (Å²) < 4.78 is 1.86. The molecule has 1 aliphatic rings. The number of nitrogens with zero attached hydrogens (tertiary/aromatic N) is 4. The van der Waals surface area contributed by atoms with E-state index in [1.54, 1.807) is 17.5 Å². The molecule has 0 aromatic carbocycles. The second kappa shape index (κ2) is 7.03. The van der Waals surface area contributed by atoms with E-state index < -0.39 is 6.10 Å². The highest BCUT2D eigenvalue weighted by molar-refractivity contribution is 7.11. The molecule has 2 aromatic heterocycles. The van der Waals surface area contributed by atoms with Crippen molar-refractivity contribution in [3.63, 3.8) is 0 Å². The molecule has 1 fully saturated rings. The Bertz CT molecular complexity index is 716. The van der Waals surface area contributed by atoms with Crippen molar-refractivity contribution in [2.75, 3.05) is 13.1 Å². The molecule has 1 atom stereocenters. The third-order valence-corrected chi connectivity index (χ3v) is 5.71. The van der Waals surface area contributed by atoms with Gasteiger partial charge >= 0.3 is 0 Å². The minimum atomic E-state index is -0.564. The fourth-order valence-corrected chi connectivity index (χ4v) is 4.16. The average Bonchev–Trinajstić information content (AvgIpc) is 3.12. The van der Waals surface area contributed by atoms with Gasteiger partial charge in [0.05, 0.1) is 17.1 Å². The van der Waals surface area contributed by atoms with Crippen molar-refractivity contribution in [1.29, 1.82) is 0 Å². The molecule has 0 bridgehead atoms. The number of rotatable bonds is 4. The highest BCUT2D eigenvalue weighted by Crippen LogP contribution is 2.30. The minimum absolute atomic E-state index is 0.133. The Balaban J connectivity index is 1.56. The Kier molecular flexibility index (Phi) is 5.01. The van der Waals surface area contributed by atoms with Crippen molar-refractivity contribution in [2.24, 2.45) is 13.0 Å². The summed E-state index contributed by atoms with van der Waals surface area (Å²) in [5.41, 5.74) is 0.901. The summed E-state index contributed by atoms with van der Waals surface area (Å²) in [5, 5.41) is 11.5. The number of amides is 1. The lowest BCUT2D eigenvalue weighted by atomic mass is 9.90. The third-order valence-electron chi connectivity index (χ3n) is 4.78. The Morgan fingerprint density at radius 1 is 1.42 bits per heavy atom. The molecule has 3 heterocycles. The molecule has 24 heavy (non-hydrogen) atoms. The van der Waals surface area contributed by atoms with E-state index in [1.807, 2.05) is 36.6 Å². The van der Waals surface area contributed by atoms with Crippen LogP contribution in [-0.2, 0) is 18.3 Å². The van der Waals surface area contributed by atoms with Gasteiger partial charge in [-0.1, -0.05) is 0 Å². The number of carbonyl (C=O) groups is 1. The number of hydrogen-bond donors (Lipinski definition) is 1. The molecule has 0 aliphatic carbocycles. The van der Waals surface area contributed by atoms with Gasteiger partial charge in [0.1, 0.15) is 11.9 Å². The second-order valence-electron chi connectivity index (χ2n) is 6.47. The fraction of sp³-hybridized carbons (Fsp3) is 0.588. The van der Waals surface area contributed by atoms with Crippen LogP contribution in [0.15, 0.2) is 12.4 Å². The first-order valence-corrected chi connectivity index (χ1v) is 9.13. The lowest BCUT2D eigenvalue weighted by Gasteiger charge is -2.34. The lowest BCUT2D eigenvalue weighted by molar-refractivity contribution is -0.132. The molecule has 3 rings (SSSR count). The maximum Gasteiger partial charge on any atom is 0.228 e. The van der Waals surface area contributed by atoms with Gasteiger partial charge in [0, 0.05) is 37.4 Å². The van der Waals surface area contributed by atoms with E-state index in [-0.39, 0.29) is 11.8 Å². The topological polar surface area (TPSA) is 71.2 Å². The number of piperidine rings is 1. The number of aliphatic hydroxyl groups excluding tert-OH is 1. The van der Waals surface area contributed by atoms with Gasteiger partial charge < -0.3 is 14.6 Å². The Hall–Kier alpha value is -1.73. The molecule has 2 aromatic rings. The predicted octanol–water partition coefficient (Wildman–Crippen LogP) is 2.01. The largest absolute Gasteiger partial charge is 0.385 e. The summed E-state index contributed by atoms with van der Waals surface area (Å²) in [5.74, 6) is 0.986. The van der Waals surface area contributed by atoms with Gasteiger partial charge in [-0.05, 0) is 32.6 Å². The Morgan fingerprint density at radius 3 is 2.67 bits per heavy atom. The first kappa shape index (κ1) is 17.1. The summed E-state index contributed by atoms with van der Waals surface area (Å²) in [7, 11) is 1.89. The van der Waals surface area contributed by atoms with Crippen LogP contribution in [0.2, 0.25) is 0 Å². The molecule has 0 radical (unpaired) electrons. The van der Waals surface area contributed by atoms with E-state index in [2.05, 4.69) is 9.97 Å². The van der Waals surface area contributed by atoms with E-state index in [1.165, 1.54) is 0 Å². The standard InChI is InChI=1S/C17H24N4O2S/c1-11-14(19-12(2)24-11)10-15(22)21-7-4-13(5-8-21)16(23)17-18-6-9-20(17)3/h6,9,13,16,23H,4-5,7-8,10H2,1-3H3. The predicted molar refractivity (Wildman–Crippen MR) is 92.8 cm³/mol. The molecule has 1 saturated heterocycles. The summed E-state index contributed by atoms with van der Waals surface area (Å²) >= 11 is 1.64. The number of likely N-dealkylation sites (tertiary alicyclic amines) is 1. The maximum absolute atomic E-state index is 12.5. The van der Waals surface area contributed by atoms with Crippen LogP contribution < -0.4 is 0 Å². The molecule has 0 saturated carbocycles. The van der Waals surface area contributed by atoms with Crippen LogP contribution in [0.25, 0.3) is 0 Å². The van der Waals surface area contributed by atoms with Crippen molar-refractivity contribution < 1.29 is 9.90 Å². The Morgan fingerprint density at radius 2 is 2.12 bits per heavy atom. The van der Waals surface area contributed by atoms with Crippen molar-refractivity contribution >= 4 is 17.2 Å². The molecule has 7 heteroatoms. The molecule has 1 amide bonds. The molecular formula is C17H24N4O2S. The minimum Gasteiger partial charge on any atom is -0.385 e. The van der Waals surface area contributed by atoms with Crippen molar-refractivity contribution in [2.45, 2.75) is 39.2 Å². The van der Waals surface area contributed by atoms with Gasteiger partial charge in [-0.15, -0.1) is 11.3 Å². The van der Waals surface area contributed by atoms with Crippen LogP contribution in [0.3, 0.4) is 0 Å². The number of aryl methyl sites for hydroxylation is 3. The average molecular weight is 348 g/mol. The van der Waals surface area contributed by atoms with Gasteiger partial charge in [0.2, 0.25) is 5.91 Å². The monoisotopic (exact) mass is 348 g/mol. The molecule has 1 unspecified atom stereocenters. The molecule has 1 N–H and O–H groups in total. The first-order valence-electron chi connectivity index (χ1n) is 8.31. The summed E-state index contributed by atoms with van der Waals surface area (Å²) in [4.78, 5) is 24.2. The van der Waals surface area contributed by atoms with Gasteiger partial charge in [0.15, 0.2) is 0 Å². The first-order chi connectivity index (χ1) is 11.5. The number of aliphatic hydroxyl groups is 1. The second-order valence-corrected chi connectivity index (χ2v) is 7.88. The maximum atomic E-state index is 12.5. The number of hydrogen-bond acceptors (Lipinski definition) is 5. The number of thiazole rings is 1. The van der Waals surface area contributed by atoms with Gasteiger partial charge in [0.25, 0.3) is 0 Å². The number of imidazole rings is 1. The number of aromatic nitrogens is 3. The third kappa shape index (κ3) is 3.52. The smallest absolute Gasteiger partial charge is 0.228 e. The normalized spacial score (nSPS) is 17.2. The number of carbonyl (C=O) groups excluding carboxylic acids is 1. The van der Waals surface area contributed by atoms with Gasteiger partial charge in [-0.25, -0.2) is 9.97 Å². The highest BCUT2D eigenvalue weighted by atomic mass is 32.1. The van der Waals surface area contributed by atoms with Crippen LogP contribution in [0.5, 0.6) is 0 Å². The lowest BCUT2D eigenvalue weighted by Crippen LogP contribution is -2.40. The van der Waals surface area contributed by atoms with Crippen molar-refractivity contribution in [1.82, 2.24) is 19.4 Å². The van der Waals surface area contributed by atoms with Crippen LogP contribution >= 0.6 is 11.3 Å². The molecule has 130 valence electrons. The van der Waals surface area contributed by atoms with E-state index in [0.717, 1.165) is 28.4 Å². The van der Waals surface area contributed by atoms with Crippen molar-refractivity contribution in [3.8, 4) is 0 Å². The van der Waals surface area contributed by atoms with Crippen LogP contribution in [0.1, 0.15) is 40.3 Å². The zero-order chi connectivity index (χ0) is 17.3. The van der Waals surface area contributed by atoms with Crippen LogP contribution in [0, 0.1) is 19.8 Å². The van der Waals surface area contributed by atoms with Gasteiger partial charge in [-0.3, -0.25) is 4.79 Å². The summed E-state index contributed by atoms with van der Waals surface area (Å²) in [6.45, 7) is 5.36. The molecule has 0 spiro atoms. The quantitative estimate of drug-likeness (QED) is 0.917. The van der Waals surface area contributed by atoms with E-state index in [0.29, 0.717) is 25.3 Å². The summed E-state index contributed by atoms with van der Waals surface area (Å²) in [6.07, 6.45) is 4.96. The van der Waals surface area contributed by atoms with E-state index in [4.69, 9.17) is 0 Å². The zero-order valence-electron chi connectivity index (χ0n) is 14.4. The van der Waals surface area contributed by atoms with Crippen LogP contribution in [-0.4, -0.2) is 43.5 Å². The van der Waals surface area contributed by atoms with Crippen LogP contribution in [0.4, 0.5) is 0 Å². The van der Waals surface area contributed by atoms with E-state index in [9.17, 15) is 9.90 Å². The molecule has 6 nitrogen and oxygen atoms in total. The molecule has 1 aliphatic heterocycles. The zero-order valence-corrected chi connectivity index (χ0v) is 15.2. The van der Waals surface area contributed by atoms with E-state index >= 15 is 0 Å². The van der Waals surface area contributed by atoms with Crippen molar-refractivity contribution in [3.05, 3.63) is 33.8 Å². The summed E-state index contributed by atoms with van der Waals surface area (Å²) in [6, 6.07) is 0. The fourth-order valence-electron chi connectivity index (χ4n) is 3.33. The van der Waals surface area contributed by atoms with Gasteiger partial charge in [-0.2, -0.15) is 0 Å². The highest BCUT2D eigenvalue weighted by Gasteiger charge is 2.30. The Labute approximate surface area is 146 Å². The SMILES string of the molecule is Cc1nc(CC(=O)N2CCC(C(O)c3nccn3C)CC2)c(C)s1.